The van der Waals surface area contributed by atoms with Crippen LogP contribution < -0.4 is 0 Å². The number of aldehydes is 1. The third-order valence-electron chi connectivity index (χ3n) is 4.20. The molecule has 1 aliphatic carbocycles. The van der Waals surface area contributed by atoms with Gasteiger partial charge in [0, 0.05) is 23.3 Å². The van der Waals surface area contributed by atoms with Crippen LogP contribution in [-0.2, 0) is 20.8 Å². The van der Waals surface area contributed by atoms with Gasteiger partial charge in [0.15, 0.2) is 17.3 Å². The summed E-state index contributed by atoms with van der Waals surface area (Å²) >= 11 is 9.58. The Morgan fingerprint density at radius 3 is 2.67 bits per heavy atom. The Hall–Kier alpha value is -1.11. The van der Waals surface area contributed by atoms with E-state index >= 15 is 0 Å². The van der Waals surface area contributed by atoms with Gasteiger partial charge < -0.3 is 4.79 Å². The fourth-order valence-electron chi connectivity index (χ4n) is 3.04. The highest BCUT2D eigenvalue weighted by Crippen LogP contribution is 2.46. The minimum Gasteiger partial charge on any atom is -0.302 e. The summed E-state index contributed by atoms with van der Waals surface area (Å²) in [6.45, 7) is 0. The lowest BCUT2D eigenvalue weighted by Crippen LogP contribution is -2.35. The van der Waals surface area contributed by atoms with Crippen molar-refractivity contribution in [3.63, 3.8) is 0 Å². The summed E-state index contributed by atoms with van der Waals surface area (Å²) in [5, 5.41) is 0.338. The van der Waals surface area contributed by atoms with Gasteiger partial charge in [0.25, 0.3) is 0 Å². The average Bonchev–Trinajstić information content (AvgIpc) is 2.97. The smallest absolute Gasteiger partial charge is 0.182 e. The largest absolute Gasteiger partial charge is 0.302 e. The van der Waals surface area contributed by atoms with Crippen molar-refractivity contribution in [2.24, 2.45) is 5.92 Å². The maximum Gasteiger partial charge on any atom is 0.182 e. The second kappa shape index (κ2) is 7.42. The zero-order valence-corrected chi connectivity index (χ0v) is 15.1. The van der Waals surface area contributed by atoms with Crippen LogP contribution in [0, 0.1) is 5.92 Å². The predicted molar refractivity (Wildman–Crippen MR) is 95.0 cm³/mol. The number of carbonyl (C=O) groups is 4. The summed E-state index contributed by atoms with van der Waals surface area (Å²) in [5.41, 5.74) is 1.12. The summed E-state index contributed by atoms with van der Waals surface area (Å²) in [7, 11) is 0. The van der Waals surface area contributed by atoms with Crippen molar-refractivity contribution in [2.75, 3.05) is 5.75 Å². The fraction of sp³-hybridized carbons (Fsp3) is 0.412. The molecule has 1 saturated carbocycles. The van der Waals surface area contributed by atoms with E-state index in [-0.39, 0.29) is 34.6 Å². The van der Waals surface area contributed by atoms with Crippen LogP contribution in [0.25, 0.3) is 0 Å². The fourth-order valence-corrected chi connectivity index (χ4v) is 5.83. The average molecular weight is 383 g/mol. The quantitative estimate of drug-likeness (QED) is 0.442. The van der Waals surface area contributed by atoms with Gasteiger partial charge in [-0.1, -0.05) is 11.6 Å². The van der Waals surface area contributed by atoms with E-state index in [0.717, 1.165) is 16.7 Å². The molecule has 4 nitrogen and oxygen atoms in total. The Balaban J connectivity index is 1.86. The van der Waals surface area contributed by atoms with Crippen LogP contribution in [0.5, 0.6) is 0 Å². The predicted octanol–water partition coefficient (Wildman–Crippen LogP) is 3.37. The molecule has 2 aliphatic rings. The molecule has 1 aromatic rings. The Labute approximate surface area is 153 Å². The Bertz CT molecular complexity index is 716. The van der Waals surface area contributed by atoms with E-state index in [1.165, 1.54) is 11.8 Å². The second-order valence-electron chi connectivity index (χ2n) is 5.74. The molecule has 1 fully saturated rings. The van der Waals surface area contributed by atoms with Crippen LogP contribution in [-0.4, -0.2) is 34.0 Å². The molecule has 0 amide bonds. The number of rotatable bonds is 5. The van der Waals surface area contributed by atoms with Gasteiger partial charge in [0.1, 0.15) is 12.2 Å². The van der Waals surface area contributed by atoms with E-state index in [1.807, 2.05) is 6.07 Å². The molecule has 0 saturated heterocycles. The molecule has 1 heterocycles. The molecule has 1 aliphatic heterocycles. The van der Waals surface area contributed by atoms with Crippen molar-refractivity contribution < 1.29 is 19.2 Å². The van der Waals surface area contributed by atoms with E-state index < -0.39 is 11.7 Å². The standard InChI is InChI=1S/C17H15ClO4S2/c18-16-9(17(22)15-11(20)2-1-3-12(15)21)4-5-13-10(16)8-14(24-13)23-7-6-19/h4-6,14-15H,1-3,7-8H2. The maximum atomic E-state index is 12.7. The first-order chi connectivity index (χ1) is 11.5. The number of ketones is 3. The van der Waals surface area contributed by atoms with Crippen molar-refractivity contribution in [3.05, 3.63) is 28.3 Å². The first-order valence-electron chi connectivity index (χ1n) is 7.66. The molecule has 0 N–H and O–H groups in total. The SMILES string of the molecule is O=CCSC1Cc2c(ccc(C(=O)C3C(=O)CCCC3=O)c2Cl)S1. The van der Waals surface area contributed by atoms with Crippen LogP contribution in [0.15, 0.2) is 17.0 Å². The number of benzene rings is 1. The number of fused-ring (bicyclic) bond motifs is 1. The van der Waals surface area contributed by atoms with Crippen LogP contribution in [0.4, 0.5) is 0 Å². The van der Waals surface area contributed by atoms with E-state index in [9.17, 15) is 19.2 Å². The molecule has 0 bridgehead atoms. The topological polar surface area (TPSA) is 68.3 Å². The molecule has 126 valence electrons. The number of hydrogen-bond acceptors (Lipinski definition) is 6. The molecule has 3 rings (SSSR count). The van der Waals surface area contributed by atoms with Gasteiger partial charge in [-0.05, 0) is 30.5 Å². The zero-order chi connectivity index (χ0) is 17.3. The van der Waals surface area contributed by atoms with E-state index in [0.29, 0.717) is 23.6 Å². The van der Waals surface area contributed by atoms with E-state index in [4.69, 9.17) is 11.6 Å². The lowest BCUT2D eigenvalue weighted by molar-refractivity contribution is -0.133. The van der Waals surface area contributed by atoms with Crippen LogP contribution in [0.3, 0.4) is 0 Å². The Morgan fingerprint density at radius 2 is 2.00 bits per heavy atom. The van der Waals surface area contributed by atoms with Gasteiger partial charge in [-0.25, -0.2) is 0 Å². The van der Waals surface area contributed by atoms with Gasteiger partial charge >= 0.3 is 0 Å². The molecule has 7 heteroatoms. The summed E-state index contributed by atoms with van der Waals surface area (Å²) in [5.74, 6) is -1.86. The van der Waals surface area contributed by atoms with Gasteiger partial charge in [0.2, 0.25) is 0 Å². The normalized spacial score (nSPS) is 21.0. The molecule has 0 radical (unpaired) electrons. The van der Waals surface area contributed by atoms with E-state index in [1.54, 1.807) is 17.8 Å². The van der Waals surface area contributed by atoms with Gasteiger partial charge in [-0.3, -0.25) is 14.4 Å². The number of halogens is 1. The first-order valence-corrected chi connectivity index (χ1v) is 9.96. The van der Waals surface area contributed by atoms with Gasteiger partial charge in [-0.2, -0.15) is 0 Å². The molecule has 1 unspecified atom stereocenters. The first kappa shape index (κ1) is 17.7. The number of hydrogen-bond donors (Lipinski definition) is 0. The Morgan fingerprint density at radius 1 is 1.29 bits per heavy atom. The molecular formula is C17H15ClO4S2. The summed E-state index contributed by atoms with van der Waals surface area (Å²) in [6, 6.07) is 3.43. The summed E-state index contributed by atoms with van der Waals surface area (Å²) in [4.78, 5) is 48.2. The van der Waals surface area contributed by atoms with Gasteiger partial charge in [-0.15, -0.1) is 23.5 Å². The van der Waals surface area contributed by atoms with Crippen molar-refractivity contribution >= 4 is 58.8 Å². The lowest BCUT2D eigenvalue weighted by Gasteiger charge is -2.19. The molecule has 24 heavy (non-hydrogen) atoms. The van der Waals surface area contributed by atoms with Crippen molar-refractivity contribution in [3.8, 4) is 0 Å². The third-order valence-corrected chi connectivity index (χ3v) is 7.26. The highest BCUT2D eigenvalue weighted by molar-refractivity contribution is 8.17. The molecule has 1 aromatic carbocycles. The van der Waals surface area contributed by atoms with Crippen molar-refractivity contribution in [2.45, 2.75) is 35.2 Å². The van der Waals surface area contributed by atoms with Crippen molar-refractivity contribution in [1.29, 1.82) is 0 Å². The number of thioether (sulfide) groups is 2. The molecule has 1 atom stereocenters. The minimum atomic E-state index is -1.19. The van der Waals surface area contributed by atoms with Crippen LogP contribution in [0.2, 0.25) is 5.02 Å². The number of Topliss-reactive ketones (excluding diaryl/α,β-unsaturated/α-hetero) is 3. The Kier molecular flexibility index (Phi) is 5.47. The molecule has 0 aromatic heterocycles. The third kappa shape index (κ3) is 3.32. The number of carbonyl (C=O) groups excluding carboxylic acids is 4. The second-order valence-corrected chi connectivity index (χ2v) is 8.90. The highest BCUT2D eigenvalue weighted by Gasteiger charge is 2.38. The molecular weight excluding hydrogens is 368 g/mol. The molecule has 0 spiro atoms. The lowest BCUT2D eigenvalue weighted by atomic mass is 9.81. The summed E-state index contributed by atoms with van der Waals surface area (Å²) < 4.78 is 0.186. The summed E-state index contributed by atoms with van der Waals surface area (Å²) in [6.07, 6.45) is 2.58. The monoisotopic (exact) mass is 382 g/mol. The minimum absolute atomic E-state index is 0.186. The van der Waals surface area contributed by atoms with Crippen molar-refractivity contribution in [1.82, 2.24) is 0 Å². The zero-order valence-electron chi connectivity index (χ0n) is 12.7. The van der Waals surface area contributed by atoms with E-state index in [2.05, 4.69) is 0 Å². The van der Waals surface area contributed by atoms with Gasteiger partial charge in [0.05, 0.1) is 15.4 Å². The maximum absolute atomic E-state index is 12.7. The van der Waals surface area contributed by atoms with Crippen LogP contribution >= 0.6 is 35.1 Å². The van der Waals surface area contributed by atoms with Crippen LogP contribution in [0.1, 0.15) is 35.2 Å². The highest BCUT2D eigenvalue weighted by atomic mass is 35.5.